The number of nitrogens with one attached hydrogen (secondary N) is 2. The summed E-state index contributed by atoms with van der Waals surface area (Å²) in [6.07, 6.45) is 0. The first-order valence-corrected chi connectivity index (χ1v) is 8.00. The lowest BCUT2D eigenvalue weighted by Gasteiger charge is -2.05. The Bertz CT molecular complexity index is 1060. The number of nitrogens with zero attached hydrogens (tertiary/aromatic N) is 1. The lowest BCUT2D eigenvalue weighted by atomic mass is 10.2. The van der Waals surface area contributed by atoms with Crippen LogP contribution in [0.4, 0.5) is 0 Å². The van der Waals surface area contributed by atoms with Crippen molar-refractivity contribution < 1.29 is 14.7 Å². The van der Waals surface area contributed by atoms with Gasteiger partial charge in [0, 0.05) is 11.1 Å². The van der Waals surface area contributed by atoms with E-state index in [9.17, 15) is 4.79 Å². The zero-order valence-corrected chi connectivity index (χ0v) is 13.6. The van der Waals surface area contributed by atoms with Gasteiger partial charge in [-0.3, -0.25) is 10.0 Å². The third-order valence-electron chi connectivity index (χ3n) is 3.95. The smallest absolute Gasteiger partial charge is 0.274 e. The van der Waals surface area contributed by atoms with Crippen molar-refractivity contribution in [3.05, 3.63) is 78.4 Å². The first kappa shape index (κ1) is 15.9. The number of amides is 1. The first-order chi connectivity index (χ1) is 12.7. The minimum Gasteiger partial charge on any atom is -0.457 e. The van der Waals surface area contributed by atoms with Crippen molar-refractivity contribution in [3.8, 4) is 22.9 Å². The zero-order chi connectivity index (χ0) is 17.9. The number of benzene rings is 3. The Kier molecular flexibility index (Phi) is 4.09. The van der Waals surface area contributed by atoms with Crippen LogP contribution < -0.4 is 10.2 Å². The predicted octanol–water partition coefficient (Wildman–Crippen LogP) is 4.14. The van der Waals surface area contributed by atoms with Gasteiger partial charge in [-0.2, -0.15) is 0 Å². The summed E-state index contributed by atoms with van der Waals surface area (Å²) in [5.41, 5.74) is 4.32. The fourth-order valence-electron chi connectivity index (χ4n) is 2.66. The molecule has 4 rings (SSSR count). The van der Waals surface area contributed by atoms with E-state index in [1.54, 1.807) is 23.7 Å². The monoisotopic (exact) mass is 345 g/mol. The maximum atomic E-state index is 11.5. The number of fused-ring (bicyclic) bond motifs is 1. The molecule has 0 saturated heterocycles. The molecule has 26 heavy (non-hydrogen) atoms. The highest BCUT2D eigenvalue weighted by Crippen LogP contribution is 2.26. The number of ether oxygens (including phenoxy) is 1. The number of aromatic nitrogens is 2. The highest BCUT2D eigenvalue weighted by Gasteiger charge is 2.09. The predicted molar refractivity (Wildman–Crippen MR) is 97.3 cm³/mol. The minimum absolute atomic E-state index is 0.349. The fraction of sp³-hybridized carbons (Fsp3) is 0. The molecule has 3 aromatic carbocycles. The van der Waals surface area contributed by atoms with Gasteiger partial charge in [0.1, 0.15) is 17.3 Å². The summed E-state index contributed by atoms with van der Waals surface area (Å²) >= 11 is 0. The van der Waals surface area contributed by atoms with E-state index >= 15 is 0 Å². The number of hydrogen-bond donors (Lipinski definition) is 3. The molecule has 4 aromatic rings. The summed E-state index contributed by atoms with van der Waals surface area (Å²) in [7, 11) is 0. The molecule has 0 aliphatic carbocycles. The largest absolute Gasteiger partial charge is 0.457 e. The first-order valence-electron chi connectivity index (χ1n) is 8.00. The van der Waals surface area contributed by atoms with Crippen LogP contribution in [0.15, 0.2) is 72.8 Å². The number of para-hydroxylation sites is 1. The molecule has 6 heteroatoms. The van der Waals surface area contributed by atoms with Crippen LogP contribution in [0.3, 0.4) is 0 Å². The van der Waals surface area contributed by atoms with Crippen LogP contribution in [0, 0.1) is 0 Å². The van der Waals surface area contributed by atoms with E-state index in [4.69, 9.17) is 9.94 Å². The summed E-state index contributed by atoms with van der Waals surface area (Å²) in [5.74, 6) is 1.63. The number of imidazole rings is 1. The second-order valence-electron chi connectivity index (χ2n) is 5.70. The summed E-state index contributed by atoms with van der Waals surface area (Å²) in [6.45, 7) is 0. The van der Waals surface area contributed by atoms with Crippen LogP contribution >= 0.6 is 0 Å². The molecular formula is C20H15N3O3. The van der Waals surface area contributed by atoms with Gasteiger partial charge in [0.15, 0.2) is 0 Å². The van der Waals surface area contributed by atoms with E-state index in [1.807, 2.05) is 54.6 Å². The van der Waals surface area contributed by atoms with Crippen LogP contribution in [-0.2, 0) is 0 Å². The Hall–Kier alpha value is -3.64. The third-order valence-corrected chi connectivity index (χ3v) is 3.95. The molecule has 0 aliphatic heterocycles. The molecule has 0 aliphatic rings. The maximum absolute atomic E-state index is 11.5. The van der Waals surface area contributed by atoms with Gasteiger partial charge in [0.05, 0.1) is 11.0 Å². The van der Waals surface area contributed by atoms with Crippen molar-refractivity contribution in [1.29, 1.82) is 0 Å². The molecule has 0 atom stereocenters. The van der Waals surface area contributed by atoms with Crippen molar-refractivity contribution >= 4 is 16.9 Å². The highest BCUT2D eigenvalue weighted by molar-refractivity contribution is 5.97. The van der Waals surface area contributed by atoms with Gasteiger partial charge < -0.3 is 9.72 Å². The van der Waals surface area contributed by atoms with E-state index in [2.05, 4.69) is 9.97 Å². The van der Waals surface area contributed by atoms with Gasteiger partial charge in [-0.05, 0) is 54.6 Å². The molecule has 0 unspecified atom stereocenters. The summed E-state index contributed by atoms with van der Waals surface area (Å²) in [4.78, 5) is 19.2. The second kappa shape index (κ2) is 6.70. The molecule has 6 nitrogen and oxygen atoms in total. The maximum Gasteiger partial charge on any atom is 0.274 e. The van der Waals surface area contributed by atoms with Crippen molar-refractivity contribution in [3.63, 3.8) is 0 Å². The van der Waals surface area contributed by atoms with Gasteiger partial charge in [-0.15, -0.1) is 0 Å². The van der Waals surface area contributed by atoms with E-state index in [-0.39, 0.29) is 0 Å². The Labute approximate surface area is 149 Å². The van der Waals surface area contributed by atoms with E-state index < -0.39 is 5.91 Å². The van der Waals surface area contributed by atoms with Crippen molar-refractivity contribution in [2.24, 2.45) is 0 Å². The molecule has 0 fully saturated rings. The fourth-order valence-corrected chi connectivity index (χ4v) is 2.66. The zero-order valence-electron chi connectivity index (χ0n) is 13.6. The molecule has 1 aromatic heterocycles. The van der Waals surface area contributed by atoms with Crippen molar-refractivity contribution in [2.45, 2.75) is 0 Å². The molecule has 0 saturated carbocycles. The number of rotatable bonds is 4. The number of hydroxylamine groups is 1. The number of H-pyrrole nitrogens is 1. The number of carbonyl (C=O) groups excluding carboxylic acids is 1. The molecule has 0 bridgehead atoms. The number of carbonyl (C=O) groups is 1. The molecule has 1 heterocycles. The molecule has 3 N–H and O–H groups in total. The average molecular weight is 345 g/mol. The molecule has 0 spiro atoms. The van der Waals surface area contributed by atoms with Crippen LogP contribution in [0.2, 0.25) is 0 Å². The Morgan fingerprint density at radius 1 is 0.962 bits per heavy atom. The van der Waals surface area contributed by atoms with Gasteiger partial charge >= 0.3 is 0 Å². The van der Waals surface area contributed by atoms with Crippen LogP contribution in [0.5, 0.6) is 11.5 Å². The van der Waals surface area contributed by atoms with Crippen LogP contribution in [0.1, 0.15) is 10.4 Å². The lowest BCUT2D eigenvalue weighted by Crippen LogP contribution is -2.18. The van der Waals surface area contributed by atoms with Gasteiger partial charge in [-0.25, -0.2) is 10.5 Å². The average Bonchev–Trinajstić information content (AvgIpc) is 3.12. The lowest BCUT2D eigenvalue weighted by molar-refractivity contribution is 0.0706. The van der Waals surface area contributed by atoms with E-state index in [1.165, 1.54) is 0 Å². The third kappa shape index (κ3) is 3.13. The quantitative estimate of drug-likeness (QED) is 0.383. The van der Waals surface area contributed by atoms with E-state index in [0.29, 0.717) is 16.9 Å². The van der Waals surface area contributed by atoms with Gasteiger partial charge in [0.25, 0.3) is 5.91 Å². The van der Waals surface area contributed by atoms with Crippen molar-refractivity contribution in [2.75, 3.05) is 0 Å². The molecule has 0 radical (unpaired) electrons. The molecule has 1 amide bonds. The topological polar surface area (TPSA) is 87.2 Å². The summed E-state index contributed by atoms with van der Waals surface area (Å²) in [5, 5.41) is 8.74. The summed E-state index contributed by atoms with van der Waals surface area (Å²) < 4.78 is 5.78. The Balaban J connectivity index is 1.60. The van der Waals surface area contributed by atoms with Crippen LogP contribution in [0.25, 0.3) is 22.4 Å². The normalized spacial score (nSPS) is 10.7. The van der Waals surface area contributed by atoms with Gasteiger partial charge in [-0.1, -0.05) is 18.2 Å². The molecule has 128 valence electrons. The Morgan fingerprint density at radius 3 is 2.42 bits per heavy atom. The van der Waals surface area contributed by atoms with Crippen LogP contribution in [-0.4, -0.2) is 21.1 Å². The highest BCUT2D eigenvalue weighted by atomic mass is 16.5. The standard InChI is InChI=1S/C20H15N3O3/c24-20(23-25)14-8-11-17-18(12-14)22-19(21-17)13-6-9-16(10-7-13)26-15-4-2-1-3-5-15/h1-12,25H,(H,21,22)(H,23,24). The summed E-state index contributed by atoms with van der Waals surface area (Å²) in [6, 6.07) is 22.1. The van der Waals surface area contributed by atoms with Crippen molar-refractivity contribution in [1.82, 2.24) is 15.4 Å². The second-order valence-corrected chi connectivity index (χ2v) is 5.70. The SMILES string of the molecule is O=C(NO)c1ccc2nc(-c3ccc(Oc4ccccc4)cc3)[nH]c2c1. The molecular weight excluding hydrogens is 330 g/mol. The van der Waals surface area contributed by atoms with E-state index in [0.717, 1.165) is 22.6 Å². The minimum atomic E-state index is -0.564. The number of aromatic amines is 1. The number of hydrogen-bond acceptors (Lipinski definition) is 4. The Morgan fingerprint density at radius 2 is 1.69 bits per heavy atom. The van der Waals surface area contributed by atoms with Gasteiger partial charge in [0.2, 0.25) is 0 Å².